The molecule has 0 aromatic heterocycles. The largest absolute Gasteiger partial charge is 0.395 e. The standard InChI is InChI=1S/C15H20ClFN2O2/c1-10-3-2-4-12(9-20)19(10)8-15(21)18-14-6-5-11(17)7-13(14)16/h5-7,10,12,20H,2-4,8-9H2,1H3,(H,18,21). The number of anilines is 1. The van der Waals surface area contributed by atoms with Gasteiger partial charge in [-0.1, -0.05) is 18.0 Å². The van der Waals surface area contributed by atoms with Gasteiger partial charge in [0.1, 0.15) is 5.82 Å². The number of aliphatic hydroxyl groups excluding tert-OH is 1. The predicted molar refractivity (Wildman–Crippen MR) is 80.9 cm³/mol. The number of halogens is 2. The molecule has 2 rings (SSSR count). The van der Waals surface area contributed by atoms with Crippen LogP contribution in [-0.4, -0.2) is 41.1 Å². The average molecular weight is 315 g/mol. The topological polar surface area (TPSA) is 52.6 Å². The first-order valence-electron chi connectivity index (χ1n) is 7.12. The fourth-order valence-electron chi connectivity index (χ4n) is 2.77. The number of piperidine rings is 1. The highest BCUT2D eigenvalue weighted by molar-refractivity contribution is 6.33. The molecule has 1 amide bonds. The third kappa shape index (κ3) is 4.15. The molecule has 6 heteroatoms. The van der Waals surface area contributed by atoms with Crippen LogP contribution in [-0.2, 0) is 4.79 Å². The van der Waals surface area contributed by atoms with Gasteiger partial charge in [0.05, 0.1) is 23.9 Å². The van der Waals surface area contributed by atoms with E-state index < -0.39 is 5.82 Å². The Labute approximate surface area is 128 Å². The van der Waals surface area contributed by atoms with Crippen LogP contribution in [0.5, 0.6) is 0 Å². The third-order valence-electron chi connectivity index (χ3n) is 3.94. The van der Waals surface area contributed by atoms with Crippen molar-refractivity contribution in [3.05, 3.63) is 29.0 Å². The van der Waals surface area contributed by atoms with E-state index in [2.05, 4.69) is 12.2 Å². The molecule has 1 fully saturated rings. The zero-order valence-corrected chi connectivity index (χ0v) is 12.7. The van der Waals surface area contributed by atoms with Gasteiger partial charge in [-0.2, -0.15) is 0 Å². The van der Waals surface area contributed by atoms with Gasteiger partial charge in [0.15, 0.2) is 0 Å². The lowest BCUT2D eigenvalue weighted by Gasteiger charge is -2.39. The van der Waals surface area contributed by atoms with Crippen molar-refractivity contribution in [1.82, 2.24) is 4.90 Å². The Morgan fingerprint density at radius 1 is 1.52 bits per heavy atom. The lowest BCUT2D eigenvalue weighted by atomic mass is 9.97. The maximum absolute atomic E-state index is 13.0. The molecular weight excluding hydrogens is 295 g/mol. The number of aliphatic hydroxyl groups is 1. The van der Waals surface area contributed by atoms with Crippen LogP contribution in [0.15, 0.2) is 18.2 Å². The monoisotopic (exact) mass is 314 g/mol. The van der Waals surface area contributed by atoms with E-state index in [4.69, 9.17) is 11.6 Å². The summed E-state index contributed by atoms with van der Waals surface area (Å²) in [6, 6.07) is 4.13. The Kier molecular flexibility index (Phi) is 5.56. The number of nitrogens with one attached hydrogen (secondary N) is 1. The van der Waals surface area contributed by atoms with E-state index in [9.17, 15) is 14.3 Å². The highest BCUT2D eigenvalue weighted by atomic mass is 35.5. The molecule has 0 aliphatic carbocycles. The number of hydrogen-bond acceptors (Lipinski definition) is 3. The van der Waals surface area contributed by atoms with Crippen LogP contribution in [0.3, 0.4) is 0 Å². The van der Waals surface area contributed by atoms with Gasteiger partial charge < -0.3 is 10.4 Å². The summed E-state index contributed by atoms with van der Waals surface area (Å²) in [5, 5.41) is 12.3. The first-order valence-corrected chi connectivity index (χ1v) is 7.50. The van der Waals surface area contributed by atoms with Gasteiger partial charge in [0.2, 0.25) is 5.91 Å². The molecule has 2 unspecified atom stereocenters. The van der Waals surface area contributed by atoms with Crippen LogP contribution in [0.2, 0.25) is 5.02 Å². The normalized spacial score (nSPS) is 23.0. The summed E-state index contributed by atoms with van der Waals surface area (Å²) in [6.45, 7) is 2.30. The number of rotatable bonds is 4. The van der Waals surface area contributed by atoms with Crippen molar-refractivity contribution in [3.63, 3.8) is 0 Å². The van der Waals surface area contributed by atoms with E-state index in [0.717, 1.165) is 25.3 Å². The minimum atomic E-state index is -0.442. The van der Waals surface area contributed by atoms with Crippen LogP contribution >= 0.6 is 11.6 Å². The van der Waals surface area contributed by atoms with Crippen molar-refractivity contribution >= 4 is 23.2 Å². The molecule has 116 valence electrons. The molecule has 1 aromatic rings. The first kappa shape index (κ1) is 16.2. The molecule has 1 saturated heterocycles. The molecule has 0 radical (unpaired) electrons. The van der Waals surface area contributed by atoms with Crippen molar-refractivity contribution in [2.45, 2.75) is 38.3 Å². The molecule has 21 heavy (non-hydrogen) atoms. The van der Waals surface area contributed by atoms with E-state index in [0.29, 0.717) is 5.69 Å². The van der Waals surface area contributed by atoms with E-state index in [1.165, 1.54) is 12.1 Å². The Morgan fingerprint density at radius 2 is 2.29 bits per heavy atom. The number of carbonyl (C=O) groups is 1. The summed E-state index contributed by atoms with van der Waals surface area (Å²) in [6.07, 6.45) is 2.97. The highest BCUT2D eigenvalue weighted by Crippen LogP contribution is 2.24. The number of nitrogens with zero attached hydrogens (tertiary/aromatic N) is 1. The fraction of sp³-hybridized carbons (Fsp3) is 0.533. The van der Waals surface area contributed by atoms with E-state index in [1.807, 2.05) is 4.90 Å². The van der Waals surface area contributed by atoms with Crippen LogP contribution in [0, 0.1) is 5.82 Å². The molecule has 1 aliphatic heterocycles. The number of benzene rings is 1. The average Bonchev–Trinajstić information content (AvgIpc) is 2.44. The first-order chi connectivity index (χ1) is 10.0. The summed E-state index contributed by atoms with van der Waals surface area (Å²) in [7, 11) is 0. The van der Waals surface area contributed by atoms with Gasteiger partial charge in [-0.05, 0) is 38.0 Å². The summed E-state index contributed by atoms with van der Waals surface area (Å²) < 4.78 is 13.0. The molecule has 0 saturated carbocycles. The van der Waals surface area contributed by atoms with Gasteiger partial charge >= 0.3 is 0 Å². The number of hydrogen-bond donors (Lipinski definition) is 2. The van der Waals surface area contributed by atoms with Gasteiger partial charge in [0.25, 0.3) is 0 Å². The minimum Gasteiger partial charge on any atom is -0.395 e. The molecule has 2 N–H and O–H groups in total. The quantitative estimate of drug-likeness (QED) is 0.898. The van der Waals surface area contributed by atoms with Crippen LogP contribution in [0.4, 0.5) is 10.1 Å². The zero-order valence-electron chi connectivity index (χ0n) is 12.0. The molecule has 0 bridgehead atoms. The van der Waals surface area contributed by atoms with Crippen molar-refractivity contribution in [3.8, 4) is 0 Å². The maximum Gasteiger partial charge on any atom is 0.238 e. The summed E-state index contributed by atoms with van der Waals surface area (Å²) >= 11 is 5.89. The second-order valence-electron chi connectivity index (χ2n) is 5.46. The van der Waals surface area contributed by atoms with Crippen LogP contribution in [0.1, 0.15) is 26.2 Å². The second kappa shape index (κ2) is 7.20. The van der Waals surface area contributed by atoms with Gasteiger partial charge in [-0.3, -0.25) is 9.69 Å². The Morgan fingerprint density at radius 3 is 2.95 bits per heavy atom. The summed E-state index contributed by atoms with van der Waals surface area (Å²) in [5.74, 6) is -0.654. The van der Waals surface area contributed by atoms with Crippen molar-refractivity contribution in [2.24, 2.45) is 0 Å². The Balaban J connectivity index is 2.00. The van der Waals surface area contributed by atoms with Crippen molar-refractivity contribution in [1.29, 1.82) is 0 Å². The van der Waals surface area contributed by atoms with Gasteiger partial charge in [-0.15, -0.1) is 0 Å². The number of likely N-dealkylation sites (tertiary alicyclic amines) is 1. The van der Waals surface area contributed by atoms with E-state index >= 15 is 0 Å². The van der Waals surface area contributed by atoms with Gasteiger partial charge in [0, 0.05) is 12.1 Å². The SMILES string of the molecule is CC1CCCC(CO)N1CC(=O)Nc1ccc(F)cc1Cl. The predicted octanol–water partition coefficient (Wildman–Crippen LogP) is 2.65. The molecule has 1 aliphatic rings. The van der Waals surface area contributed by atoms with Crippen LogP contribution < -0.4 is 5.32 Å². The third-order valence-corrected chi connectivity index (χ3v) is 4.25. The van der Waals surface area contributed by atoms with Crippen molar-refractivity contribution < 1.29 is 14.3 Å². The molecule has 2 atom stereocenters. The minimum absolute atomic E-state index is 0.0168. The Hall–Kier alpha value is -1.17. The molecule has 4 nitrogen and oxygen atoms in total. The summed E-state index contributed by atoms with van der Waals surface area (Å²) in [4.78, 5) is 14.1. The number of carbonyl (C=O) groups excluding carboxylic acids is 1. The molecular formula is C15H20ClFN2O2. The van der Waals surface area contributed by atoms with Crippen molar-refractivity contribution in [2.75, 3.05) is 18.5 Å². The summed E-state index contributed by atoms with van der Waals surface area (Å²) in [5.41, 5.74) is 0.397. The maximum atomic E-state index is 13.0. The fourth-order valence-corrected chi connectivity index (χ4v) is 2.98. The number of amides is 1. The van der Waals surface area contributed by atoms with E-state index in [1.54, 1.807) is 0 Å². The lowest BCUT2D eigenvalue weighted by molar-refractivity contribution is -0.119. The van der Waals surface area contributed by atoms with E-state index in [-0.39, 0.29) is 36.2 Å². The molecule has 1 heterocycles. The van der Waals surface area contributed by atoms with Crippen LogP contribution in [0.25, 0.3) is 0 Å². The second-order valence-corrected chi connectivity index (χ2v) is 5.87. The van der Waals surface area contributed by atoms with Gasteiger partial charge in [-0.25, -0.2) is 4.39 Å². The molecule has 0 spiro atoms. The molecule has 1 aromatic carbocycles. The zero-order chi connectivity index (χ0) is 15.4. The Bertz CT molecular complexity index is 512. The smallest absolute Gasteiger partial charge is 0.238 e. The highest BCUT2D eigenvalue weighted by Gasteiger charge is 2.28. The lowest BCUT2D eigenvalue weighted by Crippen LogP contribution is -2.50.